The van der Waals surface area contributed by atoms with E-state index < -0.39 is 0 Å². The summed E-state index contributed by atoms with van der Waals surface area (Å²) in [4.78, 5) is 4.41. The monoisotopic (exact) mass is 348 g/mol. The molecule has 0 aliphatic heterocycles. The Morgan fingerprint density at radius 1 is 1.19 bits per heavy atom. The van der Waals surface area contributed by atoms with Gasteiger partial charge in [-0.05, 0) is 43.5 Å². The lowest BCUT2D eigenvalue weighted by Crippen LogP contribution is -2.23. The Bertz CT molecular complexity index is 1020. The van der Waals surface area contributed by atoms with Crippen LogP contribution in [0.5, 0.6) is 5.88 Å². The maximum Gasteiger partial charge on any atom is 0.231 e. The molecule has 26 heavy (non-hydrogen) atoms. The van der Waals surface area contributed by atoms with Crippen LogP contribution >= 0.6 is 0 Å². The number of nitrogens with one attached hydrogen (secondary N) is 1. The van der Waals surface area contributed by atoms with Crippen LogP contribution in [0.4, 0.5) is 0 Å². The molecule has 0 saturated heterocycles. The second-order valence-corrected chi connectivity index (χ2v) is 6.73. The van der Waals surface area contributed by atoms with Crippen LogP contribution in [0.15, 0.2) is 53.1 Å². The Labute approximate surface area is 150 Å². The fourth-order valence-electron chi connectivity index (χ4n) is 3.07. The average molecular weight is 348 g/mol. The van der Waals surface area contributed by atoms with Gasteiger partial charge in [0.2, 0.25) is 5.88 Å². The maximum atomic E-state index is 5.95. The summed E-state index contributed by atoms with van der Waals surface area (Å²) < 4.78 is 13.5. The number of para-hydroxylation sites is 1. The van der Waals surface area contributed by atoms with Crippen molar-refractivity contribution in [1.82, 2.24) is 19.9 Å². The number of hydrogen-bond donors (Lipinski definition) is 1. The minimum Gasteiger partial charge on any atom is -0.475 e. The standard InChI is InChI=1S/C20H20N4O2/c1-2-4-17-15(3-1)11-18(26-17)16-13-22-19-7-8-20(23-24(16)19)25-10-9-21-12-14-5-6-14/h1-4,7-8,11,13-14,21H,5-6,9-10,12H2. The summed E-state index contributed by atoms with van der Waals surface area (Å²) in [5.41, 5.74) is 2.43. The molecule has 1 fully saturated rings. The number of furan rings is 1. The molecule has 6 heteroatoms. The predicted molar refractivity (Wildman–Crippen MR) is 99.3 cm³/mol. The summed E-state index contributed by atoms with van der Waals surface area (Å²) in [6, 6.07) is 13.7. The summed E-state index contributed by atoms with van der Waals surface area (Å²) in [6.45, 7) is 2.52. The van der Waals surface area contributed by atoms with Gasteiger partial charge in [0.1, 0.15) is 17.9 Å². The molecule has 0 unspecified atom stereocenters. The number of fused-ring (bicyclic) bond motifs is 2. The van der Waals surface area contributed by atoms with Crippen LogP contribution in [-0.4, -0.2) is 34.3 Å². The fourth-order valence-corrected chi connectivity index (χ4v) is 3.07. The zero-order valence-corrected chi connectivity index (χ0v) is 14.4. The number of benzene rings is 1. The van der Waals surface area contributed by atoms with Crippen molar-refractivity contribution in [2.24, 2.45) is 5.92 Å². The average Bonchev–Trinajstić information content (AvgIpc) is 3.24. The van der Waals surface area contributed by atoms with E-state index in [0.717, 1.165) is 47.1 Å². The van der Waals surface area contributed by atoms with Gasteiger partial charge in [0.05, 0.1) is 6.20 Å². The molecule has 0 radical (unpaired) electrons. The van der Waals surface area contributed by atoms with Crippen LogP contribution in [0.1, 0.15) is 12.8 Å². The third-order valence-electron chi connectivity index (χ3n) is 4.67. The number of ether oxygens (including phenoxy) is 1. The molecule has 5 rings (SSSR count). The van der Waals surface area contributed by atoms with E-state index in [1.54, 1.807) is 10.7 Å². The van der Waals surface area contributed by atoms with E-state index in [1.807, 2.05) is 42.5 Å². The normalized spacial score (nSPS) is 14.3. The molecule has 0 amide bonds. The first-order valence-electron chi connectivity index (χ1n) is 9.04. The number of imidazole rings is 1. The summed E-state index contributed by atoms with van der Waals surface area (Å²) in [6.07, 6.45) is 4.50. The van der Waals surface area contributed by atoms with Crippen LogP contribution in [0, 0.1) is 5.92 Å². The molecule has 0 spiro atoms. The molecule has 0 atom stereocenters. The molecule has 1 N–H and O–H groups in total. The first kappa shape index (κ1) is 15.4. The molecular weight excluding hydrogens is 328 g/mol. The predicted octanol–water partition coefficient (Wildman–Crippen LogP) is 3.52. The third-order valence-corrected chi connectivity index (χ3v) is 4.67. The van der Waals surface area contributed by atoms with Gasteiger partial charge in [-0.2, -0.15) is 0 Å². The van der Waals surface area contributed by atoms with Crippen LogP contribution in [-0.2, 0) is 0 Å². The largest absolute Gasteiger partial charge is 0.475 e. The Morgan fingerprint density at radius 2 is 2.12 bits per heavy atom. The van der Waals surface area contributed by atoms with Gasteiger partial charge < -0.3 is 14.5 Å². The zero-order chi connectivity index (χ0) is 17.3. The Kier molecular flexibility index (Phi) is 3.83. The van der Waals surface area contributed by atoms with Crippen molar-refractivity contribution in [3.63, 3.8) is 0 Å². The van der Waals surface area contributed by atoms with Gasteiger partial charge in [-0.1, -0.05) is 18.2 Å². The van der Waals surface area contributed by atoms with E-state index in [-0.39, 0.29) is 0 Å². The summed E-state index contributed by atoms with van der Waals surface area (Å²) in [5, 5.41) is 9.05. The van der Waals surface area contributed by atoms with Crippen molar-refractivity contribution in [3.05, 3.63) is 48.7 Å². The van der Waals surface area contributed by atoms with Crippen LogP contribution < -0.4 is 10.1 Å². The molecule has 1 saturated carbocycles. The maximum absolute atomic E-state index is 5.95. The SMILES string of the molecule is c1ccc2oc(-c3cnc4ccc(OCCNCC5CC5)nn34)cc2c1. The Hall–Kier alpha value is -2.86. The van der Waals surface area contributed by atoms with Crippen LogP contribution in [0.2, 0.25) is 0 Å². The van der Waals surface area contributed by atoms with Gasteiger partial charge in [0.25, 0.3) is 0 Å². The van der Waals surface area contributed by atoms with E-state index in [4.69, 9.17) is 9.15 Å². The lowest BCUT2D eigenvalue weighted by atomic mass is 10.2. The molecule has 0 bridgehead atoms. The highest BCUT2D eigenvalue weighted by molar-refractivity contribution is 5.82. The van der Waals surface area contributed by atoms with Crippen molar-refractivity contribution < 1.29 is 9.15 Å². The van der Waals surface area contributed by atoms with Crippen LogP contribution in [0.3, 0.4) is 0 Å². The molecule has 3 heterocycles. The molecule has 132 valence electrons. The first-order chi connectivity index (χ1) is 12.9. The molecule has 3 aromatic heterocycles. The van der Waals surface area contributed by atoms with Gasteiger partial charge >= 0.3 is 0 Å². The smallest absolute Gasteiger partial charge is 0.231 e. The van der Waals surface area contributed by atoms with Gasteiger partial charge in [-0.25, -0.2) is 9.50 Å². The van der Waals surface area contributed by atoms with E-state index in [0.29, 0.717) is 12.5 Å². The third kappa shape index (κ3) is 3.04. The van der Waals surface area contributed by atoms with Gasteiger partial charge in [0.15, 0.2) is 11.4 Å². The van der Waals surface area contributed by atoms with Gasteiger partial charge in [0, 0.05) is 18.0 Å². The summed E-state index contributed by atoms with van der Waals surface area (Å²) in [5.74, 6) is 2.21. The minimum absolute atomic E-state index is 0.584. The summed E-state index contributed by atoms with van der Waals surface area (Å²) >= 11 is 0. The molecule has 4 aromatic rings. The molecule has 1 aromatic carbocycles. The first-order valence-corrected chi connectivity index (χ1v) is 9.04. The van der Waals surface area contributed by atoms with Crippen molar-refractivity contribution in [2.45, 2.75) is 12.8 Å². The van der Waals surface area contributed by atoms with E-state index in [9.17, 15) is 0 Å². The second kappa shape index (κ2) is 6.46. The second-order valence-electron chi connectivity index (χ2n) is 6.73. The number of hydrogen-bond acceptors (Lipinski definition) is 5. The lowest BCUT2D eigenvalue weighted by Gasteiger charge is -2.07. The quantitative estimate of drug-likeness (QED) is 0.518. The van der Waals surface area contributed by atoms with Crippen molar-refractivity contribution in [1.29, 1.82) is 0 Å². The minimum atomic E-state index is 0.584. The van der Waals surface area contributed by atoms with Crippen molar-refractivity contribution in [3.8, 4) is 17.3 Å². The fraction of sp³-hybridized carbons (Fsp3) is 0.300. The molecule has 6 nitrogen and oxygen atoms in total. The highest BCUT2D eigenvalue weighted by Gasteiger charge is 2.20. The Balaban J connectivity index is 1.36. The van der Waals surface area contributed by atoms with Gasteiger partial charge in [-0.3, -0.25) is 0 Å². The van der Waals surface area contributed by atoms with E-state index in [2.05, 4.69) is 15.4 Å². The number of aromatic nitrogens is 3. The van der Waals surface area contributed by atoms with Crippen molar-refractivity contribution in [2.75, 3.05) is 19.7 Å². The Morgan fingerprint density at radius 3 is 3.00 bits per heavy atom. The van der Waals surface area contributed by atoms with Crippen LogP contribution in [0.25, 0.3) is 28.1 Å². The number of rotatable bonds is 7. The van der Waals surface area contributed by atoms with E-state index >= 15 is 0 Å². The van der Waals surface area contributed by atoms with Gasteiger partial charge in [-0.15, -0.1) is 5.10 Å². The topological polar surface area (TPSA) is 64.6 Å². The van der Waals surface area contributed by atoms with E-state index in [1.165, 1.54) is 12.8 Å². The summed E-state index contributed by atoms with van der Waals surface area (Å²) in [7, 11) is 0. The van der Waals surface area contributed by atoms with Crippen molar-refractivity contribution >= 4 is 16.6 Å². The zero-order valence-electron chi connectivity index (χ0n) is 14.4. The highest BCUT2D eigenvalue weighted by Crippen LogP contribution is 2.28. The number of nitrogens with zero attached hydrogens (tertiary/aromatic N) is 3. The molecule has 1 aliphatic rings. The lowest BCUT2D eigenvalue weighted by molar-refractivity contribution is 0.297. The molecule has 1 aliphatic carbocycles. The highest BCUT2D eigenvalue weighted by atomic mass is 16.5. The molecular formula is C20H20N4O2.